The Labute approximate surface area is 148 Å². The Morgan fingerprint density at radius 2 is 2.04 bits per heavy atom. The molecule has 2 aliphatic rings. The molecule has 1 amide bonds. The van der Waals surface area contributed by atoms with Crippen molar-refractivity contribution in [2.45, 2.75) is 38.6 Å². The molecule has 2 aliphatic heterocycles. The number of nitrogens with zero attached hydrogens (tertiary/aromatic N) is 4. The highest BCUT2D eigenvalue weighted by atomic mass is 32.2. The molecule has 9 heteroatoms. The predicted octanol–water partition coefficient (Wildman–Crippen LogP) is 0.278. The van der Waals surface area contributed by atoms with Crippen LogP contribution in [0.15, 0.2) is 4.52 Å². The molecule has 0 saturated carbocycles. The second-order valence-electron chi connectivity index (χ2n) is 7.11. The zero-order valence-corrected chi connectivity index (χ0v) is 15.7. The first-order valence-corrected chi connectivity index (χ1v) is 10.6. The van der Waals surface area contributed by atoms with E-state index < -0.39 is 9.84 Å². The third-order valence-electron chi connectivity index (χ3n) is 5.22. The summed E-state index contributed by atoms with van der Waals surface area (Å²) in [6.07, 6.45) is 2.89. The first kappa shape index (κ1) is 18.3. The number of likely N-dealkylation sites (tertiary alicyclic amines) is 1. The van der Waals surface area contributed by atoms with Gasteiger partial charge in [0.2, 0.25) is 11.8 Å². The van der Waals surface area contributed by atoms with Crippen LogP contribution in [-0.4, -0.2) is 78.5 Å². The van der Waals surface area contributed by atoms with Gasteiger partial charge in [0.25, 0.3) is 0 Å². The molecular formula is C16H26N4O4S. The van der Waals surface area contributed by atoms with Gasteiger partial charge in [-0.1, -0.05) is 5.16 Å². The lowest BCUT2D eigenvalue weighted by atomic mass is 9.94. The van der Waals surface area contributed by atoms with Crippen LogP contribution in [0.5, 0.6) is 0 Å². The van der Waals surface area contributed by atoms with E-state index >= 15 is 0 Å². The third-order valence-corrected chi connectivity index (χ3v) is 6.97. The van der Waals surface area contributed by atoms with Crippen molar-refractivity contribution in [3.63, 3.8) is 0 Å². The average Bonchev–Trinajstić information content (AvgIpc) is 3.17. The molecule has 0 aromatic carbocycles. The number of piperidine rings is 1. The normalized spacial score (nSPS) is 24.5. The zero-order chi connectivity index (χ0) is 18.0. The first-order chi connectivity index (χ1) is 11.8. The molecule has 8 nitrogen and oxygen atoms in total. The van der Waals surface area contributed by atoms with Crippen LogP contribution in [0.3, 0.4) is 0 Å². The van der Waals surface area contributed by atoms with Gasteiger partial charge < -0.3 is 9.42 Å². The Hall–Kier alpha value is -1.48. The van der Waals surface area contributed by atoms with Crippen LogP contribution < -0.4 is 0 Å². The van der Waals surface area contributed by atoms with E-state index in [2.05, 4.69) is 15.0 Å². The van der Waals surface area contributed by atoms with Gasteiger partial charge in [-0.15, -0.1) is 0 Å². The van der Waals surface area contributed by atoms with Gasteiger partial charge in [-0.3, -0.25) is 9.69 Å². The first-order valence-electron chi connectivity index (χ1n) is 8.83. The van der Waals surface area contributed by atoms with Crippen molar-refractivity contribution in [1.82, 2.24) is 19.9 Å². The van der Waals surface area contributed by atoms with Crippen LogP contribution in [0.2, 0.25) is 0 Å². The summed E-state index contributed by atoms with van der Waals surface area (Å²) in [5.41, 5.74) is 0. The Morgan fingerprint density at radius 1 is 1.32 bits per heavy atom. The predicted molar refractivity (Wildman–Crippen MR) is 91.7 cm³/mol. The molecule has 0 radical (unpaired) electrons. The highest BCUT2D eigenvalue weighted by molar-refractivity contribution is 7.91. The second kappa shape index (κ2) is 7.41. The number of likely N-dealkylation sites (N-methyl/N-ethyl adjacent to an activating group) is 1. The lowest BCUT2D eigenvalue weighted by Gasteiger charge is -2.36. The van der Waals surface area contributed by atoms with Crippen LogP contribution in [0.1, 0.15) is 31.0 Å². The number of aromatic nitrogens is 2. The fraction of sp³-hybridized carbons (Fsp3) is 0.812. The van der Waals surface area contributed by atoms with Gasteiger partial charge in [0, 0.05) is 38.9 Å². The van der Waals surface area contributed by atoms with Crippen LogP contribution in [0.25, 0.3) is 0 Å². The van der Waals surface area contributed by atoms with Crippen molar-refractivity contribution in [3.05, 3.63) is 11.7 Å². The van der Waals surface area contributed by atoms with Gasteiger partial charge in [0.1, 0.15) is 0 Å². The molecule has 2 fully saturated rings. The Bertz CT molecular complexity index is 709. The molecule has 0 N–H and O–H groups in total. The van der Waals surface area contributed by atoms with E-state index in [0.29, 0.717) is 30.4 Å². The molecule has 0 spiro atoms. The average molecular weight is 370 g/mol. The lowest BCUT2D eigenvalue weighted by Crippen LogP contribution is -2.45. The molecule has 3 heterocycles. The summed E-state index contributed by atoms with van der Waals surface area (Å²) in [5.74, 6) is 1.90. The van der Waals surface area contributed by atoms with E-state index in [-0.39, 0.29) is 23.6 Å². The number of hydrogen-bond donors (Lipinski definition) is 0. The van der Waals surface area contributed by atoms with Crippen molar-refractivity contribution >= 4 is 15.7 Å². The summed E-state index contributed by atoms with van der Waals surface area (Å²) in [4.78, 5) is 20.7. The van der Waals surface area contributed by atoms with Gasteiger partial charge >= 0.3 is 0 Å². The number of hydrogen-bond acceptors (Lipinski definition) is 7. The van der Waals surface area contributed by atoms with E-state index in [9.17, 15) is 13.2 Å². The molecule has 1 aromatic heterocycles. The number of aryl methyl sites for hydroxylation is 1. The maximum atomic E-state index is 12.6. The molecule has 0 unspecified atom stereocenters. The van der Waals surface area contributed by atoms with Gasteiger partial charge in [-0.05, 0) is 32.4 Å². The fourth-order valence-electron chi connectivity index (χ4n) is 3.71. The number of rotatable bonds is 5. The SMILES string of the molecule is Cc1nc(CCN(C)C(=O)C2CCN([C@H]3CCS(=O)(=O)C3)CC2)no1. The topological polar surface area (TPSA) is 96.6 Å². The largest absolute Gasteiger partial charge is 0.345 e. The maximum absolute atomic E-state index is 12.6. The Balaban J connectivity index is 1.44. The number of sulfone groups is 1. The number of carbonyl (C=O) groups is 1. The van der Waals surface area contributed by atoms with Gasteiger partial charge in [-0.25, -0.2) is 8.42 Å². The van der Waals surface area contributed by atoms with E-state index in [0.717, 1.165) is 32.4 Å². The van der Waals surface area contributed by atoms with Crippen molar-refractivity contribution in [3.8, 4) is 0 Å². The Morgan fingerprint density at radius 3 is 2.60 bits per heavy atom. The number of amides is 1. The Kier molecular flexibility index (Phi) is 5.43. The summed E-state index contributed by atoms with van der Waals surface area (Å²) in [6, 6.07) is 0.139. The van der Waals surface area contributed by atoms with Crippen LogP contribution in [0, 0.1) is 12.8 Å². The van der Waals surface area contributed by atoms with Gasteiger partial charge in [0.15, 0.2) is 15.7 Å². The molecule has 0 aliphatic carbocycles. The summed E-state index contributed by atoms with van der Waals surface area (Å²) in [7, 11) is -1.05. The van der Waals surface area contributed by atoms with Gasteiger partial charge in [0.05, 0.1) is 11.5 Å². The van der Waals surface area contributed by atoms with Crippen LogP contribution in [-0.2, 0) is 21.1 Å². The van der Waals surface area contributed by atoms with E-state index in [4.69, 9.17) is 4.52 Å². The molecular weight excluding hydrogens is 344 g/mol. The third kappa shape index (κ3) is 4.58. The highest BCUT2D eigenvalue weighted by Crippen LogP contribution is 2.25. The second-order valence-corrected chi connectivity index (χ2v) is 9.34. The fourth-order valence-corrected chi connectivity index (χ4v) is 5.47. The summed E-state index contributed by atoms with van der Waals surface area (Å²) in [5, 5.41) is 3.85. The molecule has 2 saturated heterocycles. The number of carbonyl (C=O) groups excluding carboxylic acids is 1. The minimum Gasteiger partial charge on any atom is -0.345 e. The molecule has 1 aromatic rings. The van der Waals surface area contributed by atoms with Crippen LogP contribution in [0.4, 0.5) is 0 Å². The minimum atomic E-state index is -2.86. The van der Waals surface area contributed by atoms with Gasteiger partial charge in [-0.2, -0.15) is 4.98 Å². The molecule has 3 rings (SSSR count). The monoisotopic (exact) mass is 370 g/mol. The molecule has 25 heavy (non-hydrogen) atoms. The van der Waals surface area contributed by atoms with Crippen molar-refractivity contribution in [1.29, 1.82) is 0 Å². The quantitative estimate of drug-likeness (QED) is 0.734. The molecule has 1 atom stereocenters. The van der Waals surface area contributed by atoms with Crippen molar-refractivity contribution in [2.24, 2.45) is 5.92 Å². The van der Waals surface area contributed by atoms with E-state index in [1.54, 1.807) is 11.8 Å². The molecule has 140 valence electrons. The summed E-state index contributed by atoms with van der Waals surface area (Å²) < 4.78 is 28.2. The smallest absolute Gasteiger partial charge is 0.225 e. The van der Waals surface area contributed by atoms with Crippen molar-refractivity contribution < 1.29 is 17.7 Å². The summed E-state index contributed by atoms with van der Waals surface area (Å²) in [6.45, 7) is 3.91. The van der Waals surface area contributed by atoms with Crippen LogP contribution >= 0.6 is 0 Å². The lowest BCUT2D eigenvalue weighted by molar-refractivity contribution is -0.135. The minimum absolute atomic E-state index is 0.0197. The summed E-state index contributed by atoms with van der Waals surface area (Å²) >= 11 is 0. The van der Waals surface area contributed by atoms with E-state index in [1.807, 2.05) is 7.05 Å². The highest BCUT2D eigenvalue weighted by Gasteiger charge is 2.35. The zero-order valence-electron chi connectivity index (χ0n) is 14.8. The van der Waals surface area contributed by atoms with Crippen molar-refractivity contribution in [2.75, 3.05) is 38.2 Å². The maximum Gasteiger partial charge on any atom is 0.225 e. The standard InChI is InChI=1S/C16H26N4O4S/c1-12-17-15(18-24-12)5-7-19(2)16(21)13-3-8-20(9-4-13)14-6-10-25(22,23)11-14/h13-14H,3-11H2,1-2H3/t14-/m0/s1. The van der Waals surface area contributed by atoms with E-state index in [1.165, 1.54) is 0 Å². The molecule has 0 bridgehead atoms.